The van der Waals surface area contributed by atoms with E-state index < -0.39 is 0 Å². The van der Waals surface area contributed by atoms with Crippen LogP contribution in [0.1, 0.15) is 5.56 Å². The third kappa shape index (κ3) is 2.50. The van der Waals surface area contributed by atoms with Crippen LogP contribution >= 0.6 is 22.6 Å². The van der Waals surface area contributed by atoms with Gasteiger partial charge >= 0.3 is 0 Å². The van der Waals surface area contributed by atoms with Crippen LogP contribution in [-0.4, -0.2) is 25.5 Å². The van der Waals surface area contributed by atoms with Crippen molar-refractivity contribution in [3.8, 4) is 11.5 Å². The monoisotopic (exact) mass is 307 g/mol. The molecule has 0 heterocycles. The van der Waals surface area contributed by atoms with Crippen molar-refractivity contribution in [3.05, 3.63) is 21.3 Å². The number of ether oxygens (including phenoxy) is 1. The maximum atomic E-state index is 9.54. The number of hydrogen-bond donors (Lipinski definition) is 1. The number of benzene rings is 1. The van der Waals surface area contributed by atoms with E-state index in [1.807, 2.05) is 22.6 Å². The molecule has 0 bridgehead atoms. The summed E-state index contributed by atoms with van der Waals surface area (Å²) in [6.07, 6.45) is 1.55. The molecule has 14 heavy (non-hydrogen) atoms. The van der Waals surface area contributed by atoms with Gasteiger partial charge in [-0.15, -0.1) is 0 Å². The molecule has 0 aliphatic rings. The Balaban J connectivity index is 3.09. The number of rotatable bonds is 3. The maximum Gasteiger partial charge on any atom is 0.171 e. The molecule has 0 amide bonds. The van der Waals surface area contributed by atoms with E-state index in [-0.39, 0.29) is 5.75 Å². The van der Waals surface area contributed by atoms with Gasteiger partial charge in [-0.25, -0.2) is 0 Å². The van der Waals surface area contributed by atoms with E-state index in [2.05, 4.69) is 9.99 Å². The molecule has 0 saturated carbocycles. The smallest absolute Gasteiger partial charge is 0.171 e. The zero-order valence-corrected chi connectivity index (χ0v) is 9.98. The van der Waals surface area contributed by atoms with E-state index in [1.165, 1.54) is 14.2 Å². The number of phenols is 1. The van der Waals surface area contributed by atoms with E-state index in [0.29, 0.717) is 9.32 Å². The lowest BCUT2D eigenvalue weighted by atomic mass is 10.2. The minimum atomic E-state index is 0.141. The van der Waals surface area contributed by atoms with E-state index >= 15 is 0 Å². The van der Waals surface area contributed by atoms with Crippen molar-refractivity contribution in [2.75, 3.05) is 14.2 Å². The van der Waals surface area contributed by atoms with E-state index in [1.54, 1.807) is 18.3 Å². The van der Waals surface area contributed by atoms with Crippen LogP contribution in [0.4, 0.5) is 0 Å². The SMILES string of the molecule is CO/N=C/c1cc(I)c(O)c(OC)c1. The van der Waals surface area contributed by atoms with Crippen molar-refractivity contribution in [2.45, 2.75) is 0 Å². The van der Waals surface area contributed by atoms with Crippen molar-refractivity contribution >= 4 is 28.8 Å². The molecule has 1 aromatic rings. The second kappa shape index (κ2) is 5.04. The molecule has 5 heteroatoms. The summed E-state index contributed by atoms with van der Waals surface area (Å²) in [5, 5.41) is 13.2. The van der Waals surface area contributed by atoms with Gasteiger partial charge < -0.3 is 14.7 Å². The summed E-state index contributed by atoms with van der Waals surface area (Å²) in [5.74, 6) is 0.567. The van der Waals surface area contributed by atoms with Gasteiger partial charge in [0.1, 0.15) is 7.11 Å². The molecule has 0 radical (unpaired) electrons. The lowest BCUT2D eigenvalue weighted by molar-refractivity contribution is 0.215. The zero-order valence-electron chi connectivity index (χ0n) is 7.82. The van der Waals surface area contributed by atoms with Crippen molar-refractivity contribution in [1.29, 1.82) is 0 Å². The van der Waals surface area contributed by atoms with Crippen LogP contribution in [0, 0.1) is 3.57 Å². The summed E-state index contributed by atoms with van der Waals surface area (Å²) in [6.45, 7) is 0. The first kappa shape index (κ1) is 11.1. The fourth-order valence-electron chi connectivity index (χ4n) is 0.937. The van der Waals surface area contributed by atoms with Crippen LogP contribution in [0.5, 0.6) is 11.5 Å². The van der Waals surface area contributed by atoms with Gasteiger partial charge in [-0.1, -0.05) is 5.16 Å². The molecule has 0 fully saturated rings. The lowest BCUT2D eigenvalue weighted by Crippen LogP contribution is -1.90. The van der Waals surface area contributed by atoms with Crippen LogP contribution in [0.2, 0.25) is 0 Å². The average molecular weight is 307 g/mol. The number of halogens is 1. The number of oxime groups is 1. The summed E-state index contributed by atoms with van der Waals surface area (Å²) in [6, 6.07) is 3.46. The minimum Gasteiger partial charge on any atom is -0.504 e. The first-order valence-electron chi connectivity index (χ1n) is 3.82. The van der Waals surface area contributed by atoms with Crippen LogP contribution in [0.15, 0.2) is 17.3 Å². The minimum absolute atomic E-state index is 0.141. The number of phenolic OH excluding ortho intramolecular Hbond substituents is 1. The zero-order chi connectivity index (χ0) is 10.6. The Labute approximate surface area is 95.7 Å². The molecule has 0 atom stereocenters. The molecular weight excluding hydrogens is 297 g/mol. The molecule has 0 aliphatic carbocycles. The Kier molecular flexibility index (Phi) is 3.99. The second-order valence-corrected chi connectivity index (χ2v) is 3.63. The third-order valence-corrected chi connectivity index (χ3v) is 2.40. The summed E-state index contributed by atoms with van der Waals surface area (Å²) in [5.41, 5.74) is 0.811. The van der Waals surface area contributed by atoms with E-state index in [9.17, 15) is 5.11 Å². The van der Waals surface area contributed by atoms with Crippen LogP contribution in [0.3, 0.4) is 0 Å². The first-order valence-corrected chi connectivity index (χ1v) is 4.90. The van der Waals surface area contributed by atoms with Crippen molar-refractivity contribution in [1.82, 2.24) is 0 Å². The molecule has 1 N–H and O–H groups in total. The van der Waals surface area contributed by atoms with Gasteiger partial charge in [0.25, 0.3) is 0 Å². The van der Waals surface area contributed by atoms with Crippen molar-refractivity contribution in [2.24, 2.45) is 5.16 Å². The summed E-state index contributed by atoms with van der Waals surface area (Å²) in [4.78, 5) is 4.55. The van der Waals surface area contributed by atoms with Gasteiger partial charge in [-0.05, 0) is 34.7 Å². The first-order chi connectivity index (χ1) is 6.69. The van der Waals surface area contributed by atoms with Crippen LogP contribution < -0.4 is 4.74 Å². The molecular formula is C9H10INO3. The molecule has 76 valence electrons. The molecule has 4 nitrogen and oxygen atoms in total. The highest BCUT2D eigenvalue weighted by molar-refractivity contribution is 14.1. The Morgan fingerprint density at radius 2 is 2.14 bits per heavy atom. The summed E-state index contributed by atoms with van der Waals surface area (Å²) in [7, 11) is 2.97. The Morgan fingerprint density at radius 1 is 1.43 bits per heavy atom. The molecule has 0 aliphatic heterocycles. The molecule has 1 aromatic carbocycles. The highest BCUT2D eigenvalue weighted by atomic mass is 127. The molecule has 0 saturated heterocycles. The quantitative estimate of drug-likeness (QED) is 0.528. The fraction of sp³-hybridized carbons (Fsp3) is 0.222. The summed E-state index contributed by atoms with van der Waals surface area (Å²) < 4.78 is 5.70. The predicted octanol–water partition coefficient (Wildman–Crippen LogP) is 1.99. The van der Waals surface area contributed by atoms with Gasteiger partial charge in [0.05, 0.1) is 16.9 Å². The third-order valence-electron chi connectivity index (χ3n) is 1.58. The van der Waals surface area contributed by atoms with Crippen LogP contribution in [0.25, 0.3) is 0 Å². The Morgan fingerprint density at radius 3 is 2.71 bits per heavy atom. The maximum absolute atomic E-state index is 9.54. The number of methoxy groups -OCH3 is 1. The van der Waals surface area contributed by atoms with E-state index in [0.717, 1.165) is 5.56 Å². The Hall–Kier alpha value is -0.980. The van der Waals surface area contributed by atoms with Gasteiger partial charge in [0.2, 0.25) is 0 Å². The number of hydrogen-bond acceptors (Lipinski definition) is 4. The largest absolute Gasteiger partial charge is 0.504 e. The molecule has 0 unspecified atom stereocenters. The Bertz CT molecular complexity index is 352. The molecule has 0 aromatic heterocycles. The topological polar surface area (TPSA) is 51.0 Å². The standard InChI is InChI=1S/C9H10INO3/c1-13-8-4-6(5-11-14-2)3-7(10)9(8)12/h3-5,12H,1-2H3/b11-5+. The lowest BCUT2D eigenvalue weighted by Gasteiger charge is -2.05. The summed E-state index contributed by atoms with van der Waals surface area (Å²) >= 11 is 2.02. The van der Waals surface area contributed by atoms with Crippen molar-refractivity contribution < 1.29 is 14.7 Å². The second-order valence-electron chi connectivity index (χ2n) is 2.47. The number of nitrogens with zero attached hydrogens (tertiary/aromatic N) is 1. The van der Waals surface area contributed by atoms with Gasteiger partial charge in [-0.2, -0.15) is 0 Å². The van der Waals surface area contributed by atoms with Gasteiger partial charge in [0.15, 0.2) is 11.5 Å². The van der Waals surface area contributed by atoms with Crippen molar-refractivity contribution in [3.63, 3.8) is 0 Å². The normalized spacial score (nSPS) is 10.5. The van der Waals surface area contributed by atoms with E-state index in [4.69, 9.17) is 4.74 Å². The molecule has 0 spiro atoms. The van der Waals surface area contributed by atoms with Gasteiger partial charge in [-0.3, -0.25) is 0 Å². The highest BCUT2D eigenvalue weighted by Gasteiger charge is 2.07. The highest BCUT2D eigenvalue weighted by Crippen LogP contribution is 2.31. The van der Waals surface area contributed by atoms with Gasteiger partial charge in [0, 0.05) is 5.56 Å². The molecule has 1 rings (SSSR count). The number of aromatic hydroxyl groups is 1. The predicted molar refractivity (Wildman–Crippen MR) is 62.0 cm³/mol. The van der Waals surface area contributed by atoms with Crippen LogP contribution in [-0.2, 0) is 4.84 Å². The average Bonchev–Trinajstić information content (AvgIpc) is 2.19. The fourth-order valence-corrected chi connectivity index (χ4v) is 1.56.